The van der Waals surface area contributed by atoms with Gasteiger partial charge in [-0.05, 0) is 24.1 Å². The molecule has 4 heteroatoms. The molecule has 0 bridgehead atoms. The van der Waals surface area contributed by atoms with Crippen molar-refractivity contribution in [1.29, 1.82) is 0 Å². The number of benzene rings is 2. The number of nitrogens with zero attached hydrogens (tertiary/aromatic N) is 3. The first kappa shape index (κ1) is 16.0. The fourth-order valence-electron chi connectivity index (χ4n) is 2.78. The topological polar surface area (TPSA) is 18.8 Å². The minimum Gasteiger partial charge on any atom is -0.295 e. The van der Waals surface area contributed by atoms with Crippen molar-refractivity contribution >= 4 is 17.8 Å². The van der Waals surface area contributed by atoms with Crippen LogP contribution in [-0.4, -0.2) is 42.3 Å². The Hall–Kier alpha value is -1.84. The Morgan fingerprint density at radius 3 is 2.57 bits per heavy atom. The monoisotopic (exact) mass is 327 g/mol. The van der Waals surface area contributed by atoms with E-state index in [1.54, 1.807) is 0 Å². The van der Waals surface area contributed by atoms with E-state index >= 15 is 0 Å². The molecule has 3 nitrogen and oxygen atoms in total. The van der Waals surface area contributed by atoms with Crippen LogP contribution in [0.4, 0.5) is 0 Å². The summed E-state index contributed by atoms with van der Waals surface area (Å²) < 4.78 is 0. The van der Waals surface area contributed by atoms with Crippen molar-refractivity contribution < 1.29 is 0 Å². The van der Waals surface area contributed by atoms with Crippen molar-refractivity contribution in [2.45, 2.75) is 13.5 Å². The maximum absolute atomic E-state index is 6.24. The minimum atomic E-state index is 0.854. The van der Waals surface area contributed by atoms with E-state index in [1.807, 2.05) is 24.4 Å². The summed E-state index contributed by atoms with van der Waals surface area (Å²) in [4.78, 5) is 2.43. The highest BCUT2D eigenvalue weighted by atomic mass is 35.5. The molecule has 0 N–H and O–H groups in total. The highest BCUT2D eigenvalue weighted by molar-refractivity contribution is 6.31. The molecule has 0 aliphatic carbocycles. The highest BCUT2D eigenvalue weighted by Gasteiger charge is 2.16. The zero-order valence-corrected chi connectivity index (χ0v) is 14.2. The Labute approximate surface area is 143 Å². The van der Waals surface area contributed by atoms with Gasteiger partial charge in [-0.2, -0.15) is 5.10 Å². The number of piperazine rings is 1. The summed E-state index contributed by atoms with van der Waals surface area (Å²) in [5.41, 5.74) is 3.62. The summed E-state index contributed by atoms with van der Waals surface area (Å²) in [6, 6.07) is 16.5. The Bertz CT molecular complexity index is 676. The van der Waals surface area contributed by atoms with Crippen LogP contribution in [0.25, 0.3) is 0 Å². The van der Waals surface area contributed by atoms with Gasteiger partial charge in [0.2, 0.25) is 0 Å². The summed E-state index contributed by atoms with van der Waals surface area (Å²) in [5, 5.41) is 7.61. The molecule has 0 saturated carbocycles. The zero-order valence-electron chi connectivity index (χ0n) is 13.5. The van der Waals surface area contributed by atoms with Crippen molar-refractivity contribution in [2.24, 2.45) is 5.10 Å². The maximum Gasteiger partial charge on any atom is 0.0543 e. The molecule has 0 aromatic heterocycles. The second-order valence-electron chi connectivity index (χ2n) is 5.98. The molecule has 1 fully saturated rings. The molecule has 0 atom stereocenters. The quantitative estimate of drug-likeness (QED) is 0.795. The van der Waals surface area contributed by atoms with Crippen molar-refractivity contribution in [3.8, 4) is 0 Å². The van der Waals surface area contributed by atoms with Gasteiger partial charge in [-0.3, -0.25) is 9.91 Å². The normalized spacial score (nSPS) is 16.2. The number of rotatable bonds is 4. The maximum atomic E-state index is 6.24. The molecule has 1 saturated heterocycles. The third-order valence-corrected chi connectivity index (χ3v) is 4.48. The molecule has 0 radical (unpaired) electrons. The van der Waals surface area contributed by atoms with E-state index in [0.29, 0.717) is 0 Å². The molecule has 0 spiro atoms. The van der Waals surface area contributed by atoms with Gasteiger partial charge in [0.15, 0.2) is 0 Å². The molecule has 0 amide bonds. The second kappa shape index (κ2) is 7.62. The molecule has 120 valence electrons. The first-order valence-electron chi connectivity index (χ1n) is 8.02. The summed E-state index contributed by atoms with van der Waals surface area (Å²) in [5.74, 6) is 0. The van der Waals surface area contributed by atoms with Crippen LogP contribution in [0.15, 0.2) is 53.6 Å². The van der Waals surface area contributed by atoms with E-state index < -0.39 is 0 Å². The molecule has 2 aromatic rings. The number of aryl methyl sites for hydroxylation is 1. The standard InChI is InChI=1S/C19H22ClN3/c1-16-5-4-6-17(13-16)14-21-23-11-9-22(10-12-23)15-18-7-2-3-8-19(18)20/h2-8,13-14H,9-12,15H2,1H3. The molecular weight excluding hydrogens is 306 g/mol. The van der Waals surface area contributed by atoms with Crippen LogP contribution >= 0.6 is 11.6 Å². The van der Waals surface area contributed by atoms with E-state index in [1.165, 1.54) is 11.1 Å². The Morgan fingerprint density at radius 1 is 1.04 bits per heavy atom. The molecular formula is C19H22ClN3. The fourth-order valence-corrected chi connectivity index (χ4v) is 2.97. The highest BCUT2D eigenvalue weighted by Crippen LogP contribution is 2.17. The third-order valence-electron chi connectivity index (χ3n) is 4.11. The van der Waals surface area contributed by atoms with Crippen LogP contribution in [0.5, 0.6) is 0 Å². The van der Waals surface area contributed by atoms with Gasteiger partial charge in [0.1, 0.15) is 0 Å². The van der Waals surface area contributed by atoms with Gasteiger partial charge in [0.25, 0.3) is 0 Å². The first-order chi connectivity index (χ1) is 11.2. The van der Waals surface area contributed by atoms with Gasteiger partial charge in [-0.1, -0.05) is 59.6 Å². The molecule has 0 unspecified atom stereocenters. The molecule has 23 heavy (non-hydrogen) atoms. The van der Waals surface area contributed by atoms with Gasteiger partial charge in [-0.15, -0.1) is 0 Å². The van der Waals surface area contributed by atoms with E-state index in [9.17, 15) is 0 Å². The lowest BCUT2D eigenvalue weighted by molar-refractivity contribution is 0.131. The average Bonchev–Trinajstić information content (AvgIpc) is 2.56. The van der Waals surface area contributed by atoms with Crippen LogP contribution in [-0.2, 0) is 6.54 Å². The number of hydrogen-bond donors (Lipinski definition) is 0. The first-order valence-corrected chi connectivity index (χ1v) is 8.40. The van der Waals surface area contributed by atoms with Crippen molar-refractivity contribution in [2.75, 3.05) is 26.2 Å². The van der Waals surface area contributed by atoms with E-state index in [2.05, 4.69) is 52.3 Å². The van der Waals surface area contributed by atoms with E-state index in [4.69, 9.17) is 11.6 Å². The van der Waals surface area contributed by atoms with Crippen molar-refractivity contribution in [3.05, 3.63) is 70.2 Å². The summed E-state index contributed by atoms with van der Waals surface area (Å²) >= 11 is 6.24. The molecule has 1 aliphatic heterocycles. The third kappa shape index (κ3) is 4.57. The van der Waals surface area contributed by atoms with E-state index in [-0.39, 0.29) is 0 Å². The molecule has 3 rings (SSSR count). The van der Waals surface area contributed by atoms with Crippen LogP contribution in [0.2, 0.25) is 5.02 Å². The predicted octanol–water partition coefficient (Wildman–Crippen LogP) is 3.80. The molecule has 1 heterocycles. The van der Waals surface area contributed by atoms with Gasteiger partial charge in [0, 0.05) is 37.7 Å². The smallest absolute Gasteiger partial charge is 0.0543 e. The van der Waals surface area contributed by atoms with Gasteiger partial charge in [-0.25, -0.2) is 0 Å². The Morgan fingerprint density at radius 2 is 1.83 bits per heavy atom. The molecule has 1 aliphatic rings. The zero-order chi connectivity index (χ0) is 16.1. The van der Waals surface area contributed by atoms with E-state index in [0.717, 1.165) is 43.3 Å². The lowest BCUT2D eigenvalue weighted by atomic mass is 10.2. The number of hydrogen-bond acceptors (Lipinski definition) is 3. The van der Waals surface area contributed by atoms with Crippen LogP contribution in [0.3, 0.4) is 0 Å². The number of halogens is 1. The fraction of sp³-hybridized carbons (Fsp3) is 0.316. The number of hydrazone groups is 1. The summed E-state index contributed by atoms with van der Waals surface area (Å²) in [6.45, 7) is 6.94. The van der Waals surface area contributed by atoms with Crippen molar-refractivity contribution in [3.63, 3.8) is 0 Å². The predicted molar refractivity (Wildman–Crippen MR) is 97.1 cm³/mol. The Balaban J connectivity index is 1.51. The van der Waals surface area contributed by atoms with Crippen LogP contribution < -0.4 is 0 Å². The van der Waals surface area contributed by atoms with Crippen LogP contribution in [0, 0.1) is 6.92 Å². The van der Waals surface area contributed by atoms with Gasteiger partial charge >= 0.3 is 0 Å². The van der Waals surface area contributed by atoms with Gasteiger partial charge in [0.05, 0.1) is 6.21 Å². The minimum absolute atomic E-state index is 0.854. The summed E-state index contributed by atoms with van der Waals surface area (Å²) in [7, 11) is 0. The Kier molecular flexibility index (Phi) is 5.31. The largest absolute Gasteiger partial charge is 0.295 e. The average molecular weight is 328 g/mol. The van der Waals surface area contributed by atoms with Crippen LogP contribution in [0.1, 0.15) is 16.7 Å². The van der Waals surface area contributed by atoms with Crippen molar-refractivity contribution in [1.82, 2.24) is 9.91 Å². The lowest BCUT2D eigenvalue weighted by Crippen LogP contribution is -2.43. The lowest BCUT2D eigenvalue weighted by Gasteiger charge is -2.33. The van der Waals surface area contributed by atoms with Gasteiger partial charge < -0.3 is 0 Å². The molecule has 2 aromatic carbocycles. The summed E-state index contributed by atoms with van der Waals surface area (Å²) in [6.07, 6.45) is 1.96. The SMILES string of the molecule is Cc1cccc(C=NN2CCN(Cc3ccccc3Cl)CC2)c1. The second-order valence-corrected chi connectivity index (χ2v) is 6.39.